The second kappa shape index (κ2) is 4.74. The number of anilines is 2. The van der Waals surface area contributed by atoms with Crippen LogP contribution >= 0.6 is 15.9 Å². The summed E-state index contributed by atoms with van der Waals surface area (Å²) in [6.07, 6.45) is 3.45. The second-order valence-corrected chi connectivity index (χ2v) is 4.79. The monoisotopic (exact) mass is 299 g/mol. The number of hydrogen-bond acceptors (Lipinski definition) is 3. The summed E-state index contributed by atoms with van der Waals surface area (Å²) in [5.74, 6) is 0.592. The zero-order chi connectivity index (χ0) is 12.4. The molecule has 0 spiro atoms. The first-order valence-corrected chi connectivity index (χ1v) is 6.34. The van der Waals surface area contributed by atoms with Gasteiger partial charge in [0.25, 0.3) is 0 Å². The minimum Gasteiger partial charge on any atom is -0.324 e. The van der Waals surface area contributed by atoms with Crippen LogP contribution in [0.1, 0.15) is 0 Å². The van der Waals surface area contributed by atoms with Crippen LogP contribution < -0.4 is 5.32 Å². The van der Waals surface area contributed by atoms with Gasteiger partial charge in [-0.1, -0.05) is 36.4 Å². The van der Waals surface area contributed by atoms with E-state index in [-0.39, 0.29) is 0 Å². The van der Waals surface area contributed by atoms with Crippen LogP contribution in [-0.2, 0) is 0 Å². The van der Waals surface area contributed by atoms with Gasteiger partial charge in [0.2, 0.25) is 5.95 Å². The average molecular weight is 300 g/mol. The molecule has 0 atom stereocenters. The van der Waals surface area contributed by atoms with Crippen molar-refractivity contribution in [3.8, 4) is 0 Å². The van der Waals surface area contributed by atoms with Gasteiger partial charge < -0.3 is 5.32 Å². The van der Waals surface area contributed by atoms with Crippen molar-refractivity contribution >= 4 is 38.3 Å². The first kappa shape index (κ1) is 11.2. The Morgan fingerprint density at radius 2 is 1.61 bits per heavy atom. The van der Waals surface area contributed by atoms with Crippen molar-refractivity contribution in [1.29, 1.82) is 0 Å². The Bertz CT molecular complexity index is 675. The van der Waals surface area contributed by atoms with Crippen LogP contribution in [0.5, 0.6) is 0 Å². The minimum atomic E-state index is 0.592. The van der Waals surface area contributed by atoms with Gasteiger partial charge in [0.05, 0.1) is 4.47 Å². The zero-order valence-corrected chi connectivity index (χ0v) is 11.1. The molecule has 0 amide bonds. The van der Waals surface area contributed by atoms with E-state index in [1.165, 1.54) is 5.39 Å². The summed E-state index contributed by atoms with van der Waals surface area (Å²) in [6, 6.07) is 14.3. The van der Waals surface area contributed by atoms with Crippen molar-refractivity contribution in [1.82, 2.24) is 9.97 Å². The molecule has 1 N–H and O–H groups in total. The molecule has 0 fully saturated rings. The van der Waals surface area contributed by atoms with Crippen LogP contribution in [-0.4, -0.2) is 9.97 Å². The van der Waals surface area contributed by atoms with Crippen LogP contribution in [0.4, 0.5) is 11.6 Å². The average Bonchev–Trinajstić information content (AvgIpc) is 2.42. The number of nitrogens with one attached hydrogen (secondary N) is 1. The normalized spacial score (nSPS) is 10.5. The zero-order valence-electron chi connectivity index (χ0n) is 9.47. The third-order valence-electron chi connectivity index (χ3n) is 2.66. The number of hydrogen-bond donors (Lipinski definition) is 1. The molecule has 0 saturated carbocycles. The van der Waals surface area contributed by atoms with E-state index < -0.39 is 0 Å². The third-order valence-corrected chi connectivity index (χ3v) is 3.07. The van der Waals surface area contributed by atoms with Gasteiger partial charge in [0.15, 0.2) is 0 Å². The summed E-state index contributed by atoms with van der Waals surface area (Å²) in [6.45, 7) is 0. The Balaban J connectivity index is 2.02. The molecule has 0 unspecified atom stereocenters. The largest absolute Gasteiger partial charge is 0.324 e. The maximum atomic E-state index is 4.21. The summed E-state index contributed by atoms with van der Waals surface area (Å²) in [5.41, 5.74) is 1.01. The van der Waals surface area contributed by atoms with Crippen molar-refractivity contribution in [3.63, 3.8) is 0 Å². The number of halogens is 1. The SMILES string of the molecule is Brc1cnc(Nc2cccc3ccccc23)nc1. The summed E-state index contributed by atoms with van der Waals surface area (Å²) in [4.78, 5) is 8.42. The van der Waals surface area contributed by atoms with Crippen LogP contribution in [0.25, 0.3) is 10.8 Å². The number of nitrogens with zero attached hydrogens (tertiary/aromatic N) is 2. The third kappa shape index (κ3) is 2.19. The summed E-state index contributed by atoms with van der Waals surface area (Å²) >= 11 is 3.32. The number of benzene rings is 2. The maximum Gasteiger partial charge on any atom is 0.227 e. The molecular weight excluding hydrogens is 290 g/mol. The summed E-state index contributed by atoms with van der Waals surface area (Å²) in [7, 11) is 0. The highest BCUT2D eigenvalue weighted by atomic mass is 79.9. The summed E-state index contributed by atoms with van der Waals surface area (Å²) < 4.78 is 0.867. The molecule has 0 aliphatic heterocycles. The van der Waals surface area contributed by atoms with Gasteiger partial charge in [0.1, 0.15) is 0 Å². The molecule has 2 aromatic carbocycles. The van der Waals surface area contributed by atoms with Gasteiger partial charge in [-0.25, -0.2) is 9.97 Å². The fourth-order valence-electron chi connectivity index (χ4n) is 1.83. The molecule has 0 saturated heterocycles. The lowest BCUT2D eigenvalue weighted by molar-refractivity contribution is 1.15. The Morgan fingerprint density at radius 1 is 0.889 bits per heavy atom. The van der Waals surface area contributed by atoms with E-state index in [9.17, 15) is 0 Å². The van der Waals surface area contributed by atoms with Gasteiger partial charge in [-0.05, 0) is 27.4 Å². The number of aromatic nitrogens is 2. The minimum absolute atomic E-state index is 0.592. The van der Waals surface area contributed by atoms with Crippen molar-refractivity contribution in [3.05, 3.63) is 59.3 Å². The molecular formula is C14H10BrN3. The predicted octanol–water partition coefficient (Wildman–Crippen LogP) is 4.14. The van der Waals surface area contributed by atoms with E-state index in [2.05, 4.69) is 49.4 Å². The molecule has 3 nitrogen and oxygen atoms in total. The molecule has 18 heavy (non-hydrogen) atoms. The molecule has 3 aromatic rings. The number of fused-ring (bicyclic) bond motifs is 1. The first-order chi connectivity index (χ1) is 8.83. The molecule has 0 aliphatic rings. The molecule has 88 valence electrons. The molecule has 1 aromatic heterocycles. The lowest BCUT2D eigenvalue weighted by Crippen LogP contribution is -1.96. The van der Waals surface area contributed by atoms with E-state index >= 15 is 0 Å². The van der Waals surface area contributed by atoms with E-state index in [0.717, 1.165) is 15.5 Å². The highest BCUT2D eigenvalue weighted by Gasteiger charge is 2.02. The highest BCUT2D eigenvalue weighted by Crippen LogP contribution is 2.24. The second-order valence-electron chi connectivity index (χ2n) is 3.88. The maximum absolute atomic E-state index is 4.21. The van der Waals surface area contributed by atoms with E-state index in [1.54, 1.807) is 12.4 Å². The fraction of sp³-hybridized carbons (Fsp3) is 0. The fourth-order valence-corrected chi connectivity index (χ4v) is 2.04. The molecule has 0 aliphatic carbocycles. The van der Waals surface area contributed by atoms with E-state index in [1.807, 2.05) is 24.3 Å². The Hall–Kier alpha value is -1.94. The van der Waals surface area contributed by atoms with Crippen molar-refractivity contribution < 1.29 is 0 Å². The first-order valence-electron chi connectivity index (χ1n) is 5.55. The van der Waals surface area contributed by atoms with Crippen LogP contribution in [0.3, 0.4) is 0 Å². The van der Waals surface area contributed by atoms with E-state index in [4.69, 9.17) is 0 Å². The van der Waals surface area contributed by atoms with Gasteiger partial charge in [-0.3, -0.25) is 0 Å². The van der Waals surface area contributed by atoms with Crippen LogP contribution in [0.2, 0.25) is 0 Å². The number of rotatable bonds is 2. The highest BCUT2D eigenvalue weighted by molar-refractivity contribution is 9.10. The lowest BCUT2D eigenvalue weighted by atomic mass is 10.1. The molecule has 0 bridgehead atoms. The Labute approximate surface area is 113 Å². The molecule has 1 heterocycles. The Morgan fingerprint density at radius 3 is 2.44 bits per heavy atom. The van der Waals surface area contributed by atoms with Gasteiger partial charge >= 0.3 is 0 Å². The summed E-state index contributed by atoms with van der Waals surface area (Å²) in [5, 5.41) is 5.58. The van der Waals surface area contributed by atoms with Gasteiger partial charge in [-0.2, -0.15) is 0 Å². The van der Waals surface area contributed by atoms with Crippen molar-refractivity contribution in [2.45, 2.75) is 0 Å². The topological polar surface area (TPSA) is 37.8 Å². The lowest BCUT2D eigenvalue weighted by Gasteiger charge is -2.08. The van der Waals surface area contributed by atoms with Crippen LogP contribution in [0, 0.1) is 0 Å². The Kier molecular flexibility index (Phi) is 2.94. The predicted molar refractivity (Wildman–Crippen MR) is 77.0 cm³/mol. The smallest absolute Gasteiger partial charge is 0.227 e. The van der Waals surface area contributed by atoms with Crippen molar-refractivity contribution in [2.75, 3.05) is 5.32 Å². The molecule has 3 rings (SSSR count). The standard InChI is InChI=1S/C14H10BrN3/c15-11-8-16-14(17-9-11)18-13-7-3-5-10-4-1-2-6-12(10)13/h1-9H,(H,16,17,18). The van der Waals surface area contributed by atoms with E-state index in [0.29, 0.717) is 5.95 Å². The van der Waals surface area contributed by atoms with Crippen LogP contribution in [0.15, 0.2) is 59.3 Å². The van der Waals surface area contributed by atoms with Gasteiger partial charge in [0, 0.05) is 23.5 Å². The van der Waals surface area contributed by atoms with Gasteiger partial charge in [-0.15, -0.1) is 0 Å². The molecule has 4 heteroatoms. The quantitative estimate of drug-likeness (QED) is 0.773. The molecule has 0 radical (unpaired) electrons. The van der Waals surface area contributed by atoms with Crippen molar-refractivity contribution in [2.24, 2.45) is 0 Å².